The Morgan fingerprint density at radius 1 is 1.00 bits per heavy atom. The van der Waals surface area contributed by atoms with E-state index < -0.39 is 6.04 Å². The maximum Gasteiger partial charge on any atom is 0.253 e. The lowest BCUT2D eigenvalue weighted by Crippen LogP contribution is -2.37. The molecule has 3 aromatic heterocycles. The molecule has 0 aliphatic rings. The molecule has 3 heterocycles. The molecule has 0 aliphatic heterocycles. The highest BCUT2D eigenvalue weighted by molar-refractivity contribution is 7.09. The van der Waals surface area contributed by atoms with Crippen molar-refractivity contribution in [1.29, 1.82) is 0 Å². The number of fused-ring (bicyclic) bond motifs is 1. The number of pyridine rings is 1. The molecule has 1 atom stereocenters. The second kappa shape index (κ2) is 11.0. The molecular formula is C30H34N6OS. The lowest BCUT2D eigenvalue weighted by atomic mass is 9.98. The third-order valence-corrected chi connectivity index (χ3v) is 8.21. The second-order valence-corrected chi connectivity index (χ2v) is 11.3. The topological polar surface area (TPSA) is 79.7 Å². The zero-order valence-electron chi connectivity index (χ0n) is 22.4. The van der Waals surface area contributed by atoms with Gasteiger partial charge in [0, 0.05) is 29.0 Å². The molecule has 7 nitrogen and oxygen atoms in total. The van der Waals surface area contributed by atoms with Gasteiger partial charge in [0.15, 0.2) is 5.82 Å². The molecule has 2 aromatic carbocycles. The first-order chi connectivity index (χ1) is 18.4. The standard InChI is InChI=1S/C30H34N6OS/c1-5-21-14-15-26-23(17-21)18-25(29(37)31-26)27(28-32-33-34-36(28)30(3,4)6-2)35(20-24-13-10-16-38-24)19-22-11-8-7-9-12-22/h7-18,27H,5-6,19-20H2,1-4H3,(H,31,37)/t27-/m1/s1. The van der Waals surface area contributed by atoms with Gasteiger partial charge in [-0.2, -0.15) is 0 Å². The lowest BCUT2D eigenvalue weighted by molar-refractivity contribution is 0.182. The summed E-state index contributed by atoms with van der Waals surface area (Å²) in [6.45, 7) is 9.81. The SMILES string of the molecule is CCc1ccc2[nH]c(=O)c([C@H](c3nnnn3C(C)(C)CC)N(Cc3ccccc3)Cc3cccs3)cc2c1. The average Bonchev–Trinajstić information content (AvgIpc) is 3.62. The number of aromatic amines is 1. The van der Waals surface area contributed by atoms with Gasteiger partial charge in [-0.3, -0.25) is 9.69 Å². The minimum absolute atomic E-state index is 0.125. The molecule has 5 aromatic rings. The maximum absolute atomic E-state index is 13.8. The Hall–Kier alpha value is -3.62. The van der Waals surface area contributed by atoms with E-state index in [1.807, 2.05) is 35.0 Å². The van der Waals surface area contributed by atoms with Gasteiger partial charge in [0.2, 0.25) is 0 Å². The Morgan fingerprint density at radius 2 is 1.82 bits per heavy atom. The highest BCUT2D eigenvalue weighted by Gasteiger charge is 2.34. The van der Waals surface area contributed by atoms with Crippen molar-refractivity contribution in [3.63, 3.8) is 0 Å². The van der Waals surface area contributed by atoms with Crippen LogP contribution in [0.1, 0.15) is 67.5 Å². The molecule has 0 aliphatic carbocycles. The van der Waals surface area contributed by atoms with Gasteiger partial charge in [0.25, 0.3) is 5.56 Å². The third kappa shape index (κ3) is 5.33. The average molecular weight is 527 g/mol. The van der Waals surface area contributed by atoms with Gasteiger partial charge < -0.3 is 4.98 Å². The van der Waals surface area contributed by atoms with Crippen LogP contribution in [-0.2, 0) is 25.0 Å². The van der Waals surface area contributed by atoms with Crippen LogP contribution in [0.25, 0.3) is 10.9 Å². The highest BCUT2D eigenvalue weighted by atomic mass is 32.1. The smallest absolute Gasteiger partial charge is 0.253 e. The fraction of sp³-hybridized carbons (Fsp3) is 0.333. The van der Waals surface area contributed by atoms with Crippen LogP contribution in [0.5, 0.6) is 0 Å². The van der Waals surface area contributed by atoms with Crippen LogP contribution in [0.4, 0.5) is 0 Å². The summed E-state index contributed by atoms with van der Waals surface area (Å²) in [5.74, 6) is 0.667. The Morgan fingerprint density at radius 3 is 2.53 bits per heavy atom. The molecule has 0 bridgehead atoms. The van der Waals surface area contributed by atoms with E-state index >= 15 is 0 Å². The summed E-state index contributed by atoms with van der Waals surface area (Å²) in [5.41, 5.74) is 3.41. The minimum atomic E-state index is -0.462. The number of tetrazole rings is 1. The van der Waals surface area contributed by atoms with E-state index in [1.165, 1.54) is 10.4 Å². The first kappa shape index (κ1) is 26.0. The molecule has 0 spiro atoms. The van der Waals surface area contributed by atoms with Crippen LogP contribution in [0.3, 0.4) is 0 Å². The van der Waals surface area contributed by atoms with Crippen LogP contribution < -0.4 is 5.56 Å². The normalized spacial score (nSPS) is 12.9. The van der Waals surface area contributed by atoms with E-state index in [4.69, 9.17) is 0 Å². The quantitative estimate of drug-likeness (QED) is 0.239. The summed E-state index contributed by atoms with van der Waals surface area (Å²) < 4.78 is 1.90. The van der Waals surface area contributed by atoms with Crippen LogP contribution in [-0.4, -0.2) is 30.1 Å². The van der Waals surface area contributed by atoms with E-state index in [2.05, 4.69) is 94.9 Å². The zero-order chi connectivity index (χ0) is 26.7. The summed E-state index contributed by atoms with van der Waals surface area (Å²) >= 11 is 1.71. The third-order valence-electron chi connectivity index (χ3n) is 7.35. The van der Waals surface area contributed by atoms with Crippen LogP contribution in [0.2, 0.25) is 0 Å². The van der Waals surface area contributed by atoms with Gasteiger partial charge in [-0.15, -0.1) is 16.4 Å². The number of rotatable bonds is 10. The number of benzene rings is 2. The summed E-state index contributed by atoms with van der Waals surface area (Å²) in [7, 11) is 0. The summed E-state index contributed by atoms with van der Waals surface area (Å²) in [5, 5.41) is 16.2. The Labute approximate surface area is 227 Å². The molecule has 1 N–H and O–H groups in total. The van der Waals surface area contributed by atoms with Crippen molar-refractivity contribution in [2.75, 3.05) is 0 Å². The number of hydrogen-bond donors (Lipinski definition) is 1. The van der Waals surface area contributed by atoms with Gasteiger partial charge in [-0.25, -0.2) is 4.68 Å². The molecular weight excluding hydrogens is 492 g/mol. The first-order valence-corrected chi connectivity index (χ1v) is 14.0. The number of H-pyrrole nitrogens is 1. The maximum atomic E-state index is 13.8. The molecule has 38 heavy (non-hydrogen) atoms. The van der Waals surface area contributed by atoms with Gasteiger partial charge in [-0.05, 0) is 83.3 Å². The predicted molar refractivity (Wildman–Crippen MR) is 153 cm³/mol. The monoisotopic (exact) mass is 526 g/mol. The van der Waals surface area contributed by atoms with E-state index in [9.17, 15) is 4.79 Å². The molecule has 8 heteroatoms. The number of thiophene rings is 1. The summed E-state index contributed by atoms with van der Waals surface area (Å²) in [4.78, 5) is 20.4. The molecule has 0 unspecified atom stereocenters. The van der Waals surface area contributed by atoms with Crippen LogP contribution in [0, 0.1) is 0 Å². The van der Waals surface area contributed by atoms with Gasteiger partial charge in [0.1, 0.15) is 6.04 Å². The molecule has 0 radical (unpaired) electrons. The molecule has 0 fully saturated rings. The Kier molecular flexibility index (Phi) is 7.53. The highest BCUT2D eigenvalue weighted by Crippen LogP contribution is 2.33. The minimum Gasteiger partial charge on any atom is -0.322 e. The van der Waals surface area contributed by atoms with E-state index in [0.717, 1.165) is 29.3 Å². The molecule has 0 saturated carbocycles. The van der Waals surface area contributed by atoms with Gasteiger partial charge in [0.05, 0.1) is 5.54 Å². The van der Waals surface area contributed by atoms with Crippen molar-refractivity contribution in [3.8, 4) is 0 Å². The van der Waals surface area contributed by atoms with Crippen molar-refractivity contribution in [2.24, 2.45) is 0 Å². The summed E-state index contributed by atoms with van der Waals surface area (Å²) in [6.07, 6.45) is 1.77. The van der Waals surface area contributed by atoms with Gasteiger partial charge in [-0.1, -0.05) is 56.3 Å². The lowest BCUT2D eigenvalue weighted by Gasteiger charge is -2.33. The second-order valence-electron chi connectivity index (χ2n) is 10.3. The summed E-state index contributed by atoms with van der Waals surface area (Å²) in [6, 6.07) is 22.3. The number of hydrogen-bond acceptors (Lipinski definition) is 6. The molecule has 0 amide bonds. The molecule has 0 saturated heterocycles. The number of nitrogens with zero attached hydrogens (tertiary/aromatic N) is 5. The first-order valence-electron chi connectivity index (χ1n) is 13.1. The van der Waals surface area contributed by atoms with E-state index in [-0.39, 0.29) is 11.1 Å². The van der Waals surface area contributed by atoms with E-state index in [1.54, 1.807) is 11.3 Å². The van der Waals surface area contributed by atoms with Crippen molar-refractivity contribution < 1.29 is 0 Å². The number of aryl methyl sites for hydroxylation is 1. The van der Waals surface area contributed by atoms with Gasteiger partial charge >= 0.3 is 0 Å². The van der Waals surface area contributed by atoms with Crippen molar-refractivity contribution >= 4 is 22.2 Å². The number of aromatic nitrogens is 5. The van der Waals surface area contributed by atoms with Crippen molar-refractivity contribution in [3.05, 3.63) is 110 Å². The zero-order valence-corrected chi connectivity index (χ0v) is 23.2. The fourth-order valence-corrected chi connectivity index (χ4v) is 5.53. The Bertz CT molecular complexity index is 1550. The largest absolute Gasteiger partial charge is 0.322 e. The molecule has 196 valence electrons. The van der Waals surface area contributed by atoms with Crippen molar-refractivity contribution in [1.82, 2.24) is 30.1 Å². The Balaban J connectivity index is 1.73. The van der Waals surface area contributed by atoms with Crippen molar-refractivity contribution in [2.45, 2.75) is 65.2 Å². The number of nitrogens with one attached hydrogen (secondary N) is 1. The van der Waals surface area contributed by atoms with E-state index in [0.29, 0.717) is 24.5 Å². The molecule has 5 rings (SSSR count). The fourth-order valence-electron chi connectivity index (χ4n) is 4.80. The van der Waals surface area contributed by atoms with Crippen LogP contribution >= 0.6 is 11.3 Å². The predicted octanol–water partition coefficient (Wildman–Crippen LogP) is 6.08. The van der Waals surface area contributed by atoms with Crippen LogP contribution in [0.15, 0.2) is 76.9 Å².